The number of ether oxygens (including phenoxy) is 2. The van der Waals surface area contributed by atoms with E-state index >= 15 is 0 Å². The summed E-state index contributed by atoms with van der Waals surface area (Å²) in [4.78, 5) is 31.8. The summed E-state index contributed by atoms with van der Waals surface area (Å²) in [5, 5.41) is 3.58. The van der Waals surface area contributed by atoms with E-state index < -0.39 is 0 Å². The number of para-hydroxylation sites is 1. The summed E-state index contributed by atoms with van der Waals surface area (Å²) in [5.41, 5.74) is 1.43. The number of carbonyl (C=O) groups excluding carboxylic acids is 1. The molecule has 1 aromatic heterocycles. The molecular weight excluding hydrogens is 450 g/mol. The van der Waals surface area contributed by atoms with E-state index in [1.807, 2.05) is 37.3 Å². The van der Waals surface area contributed by atoms with E-state index in [1.54, 1.807) is 6.07 Å². The number of nitrogens with one attached hydrogen (secondary N) is 2. The van der Waals surface area contributed by atoms with Crippen LogP contribution in [0.1, 0.15) is 37.2 Å². The molecule has 1 atom stereocenters. The Morgan fingerprint density at radius 2 is 1.97 bits per heavy atom. The highest BCUT2D eigenvalue weighted by atomic mass is 79.9. The van der Waals surface area contributed by atoms with Gasteiger partial charge in [0.25, 0.3) is 5.56 Å². The lowest BCUT2D eigenvalue weighted by molar-refractivity contribution is -0.121. The van der Waals surface area contributed by atoms with E-state index in [2.05, 4.69) is 31.2 Å². The number of hydrogen-bond donors (Lipinski definition) is 2. The Morgan fingerprint density at radius 3 is 2.77 bits per heavy atom. The number of H-pyrrole nitrogens is 1. The Morgan fingerprint density at radius 1 is 1.23 bits per heavy atom. The number of nitrogens with zero attached hydrogens (tertiary/aromatic N) is 1. The van der Waals surface area contributed by atoms with Crippen molar-refractivity contribution >= 4 is 32.7 Å². The van der Waals surface area contributed by atoms with Crippen LogP contribution >= 0.6 is 15.9 Å². The highest BCUT2D eigenvalue weighted by Gasteiger charge is 2.19. The van der Waals surface area contributed by atoms with Gasteiger partial charge in [0.2, 0.25) is 5.91 Å². The van der Waals surface area contributed by atoms with Gasteiger partial charge in [0.05, 0.1) is 16.9 Å². The maximum absolute atomic E-state index is 12.4. The standard InChI is InChI=1S/C22H22BrN3O4/c1-13(15-11-18-19(12-16(15)23)30-10-9-29-18)24-21(27)8-4-7-20-25-17-6-3-2-5-14(17)22(28)26-20/h2-3,5-6,11-13H,4,7-10H2,1H3,(H,24,27)(H,25,26,28). The van der Waals surface area contributed by atoms with Gasteiger partial charge in [-0.3, -0.25) is 9.59 Å². The number of halogens is 1. The topological polar surface area (TPSA) is 93.3 Å². The molecule has 1 amide bonds. The predicted molar refractivity (Wildman–Crippen MR) is 117 cm³/mol. The lowest BCUT2D eigenvalue weighted by Crippen LogP contribution is -2.27. The van der Waals surface area contributed by atoms with Gasteiger partial charge < -0.3 is 19.8 Å². The number of carbonyl (C=O) groups is 1. The van der Waals surface area contributed by atoms with Crippen LogP contribution in [-0.2, 0) is 11.2 Å². The van der Waals surface area contributed by atoms with Gasteiger partial charge in [-0.15, -0.1) is 0 Å². The molecule has 1 aliphatic rings. The molecule has 30 heavy (non-hydrogen) atoms. The van der Waals surface area contributed by atoms with E-state index in [0.29, 0.717) is 60.7 Å². The third kappa shape index (κ3) is 4.48. The summed E-state index contributed by atoms with van der Waals surface area (Å²) < 4.78 is 12.1. The minimum absolute atomic E-state index is 0.0626. The predicted octanol–water partition coefficient (Wildman–Crippen LogP) is 3.66. The largest absolute Gasteiger partial charge is 0.486 e. The Kier molecular flexibility index (Phi) is 6.03. The summed E-state index contributed by atoms with van der Waals surface area (Å²) in [6.45, 7) is 2.97. The lowest BCUT2D eigenvalue weighted by atomic mass is 10.1. The van der Waals surface area contributed by atoms with Gasteiger partial charge in [-0.2, -0.15) is 0 Å². The van der Waals surface area contributed by atoms with Crippen molar-refractivity contribution in [2.24, 2.45) is 0 Å². The van der Waals surface area contributed by atoms with E-state index in [4.69, 9.17) is 9.47 Å². The zero-order valence-corrected chi connectivity index (χ0v) is 18.1. The maximum Gasteiger partial charge on any atom is 0.258 e. The quantitative estimate of drug-likeness (QED) is 0.572. The van der Waals surface area contributed by atoms with Crippen molar-refractivity contribution in [2.45, 2.75) is 32.2 Å². The zero-order chi connectivity index (χ0) is 21.1. The first-order valence-electron chi connectivity index (χ1n) is 9.87. The number of benzene rings is 2. The van der Waals surface area contributed by atoms with Gasteiger partial charge in [0, 0.05) is 17.3 Å². The maximum atomic E-state index is 12.4. The number of aromatic nitrogens is 2. The molecule has 1 unspecified atom stereocenters. The third-order valence-electron chi connectivity index (χ3n) is 4.98. The van der Waals surface area contributed by atoms with E-state index in [-0.39, 0.29) is 17.5 Å². The molecule has 2 N–H and O–H groups in total. The van der Waals surface area contributed by atoms with Crippen LogP contribution in [0.25, 0.3) is 10.9 Å². The molecule has 3 aromatic rings. The second-order valence-corrected chi connectivity index (χ2v) is 8.04. The first-order chi connectivity index (χ1) is 14.5. The van der Waals surface area contributed by atoms with Crippen LogP contribution < -0.4 is 20.3 Å². The fourth-order valence-corrected chi connectivity index (χ4v) is 4.14. The molecule has 0 aliphatic carbocycles. The van der Waals surface area contributed by atoms with Crippen molar-refractivity contribution in [3.63, 3.8) is 0 Å². The molecule has 0 saturated heterocycles. The molecule has 4 rings (SSSR count). The molecule has 2 heterocycles. The van der Waals surface area contributed by atoms with Gasteiger partial charge in [0.1, 0.15) is 19.0 Å². The van der Waals surface area contributed by atoms with Crippen molar-refractivity contribution in [1.82, 2.24) is 15.3 Å². The van der Waals surface area contributed by atoms with Crippen LogP contribution in [-0.4, -0.2) is 29.1 Å². The summed E-state index contributed by atoms with van der Waals surface area (Å²) in [7, 11) is 0. The Bertz CT molecular complexity index is 1140. The van der Waals surface area contributed by atoms with Crippen LogP contribution in [0.5, 0.6) is 11.5 Å². The molecule has 7 nitrogen and oxygen atoms in total. The second-order valence-electron chi connectivity index (χ2n) is 7.19. The summed E-state index contributed by atoms with van der Waals surface area (Å²) in [6, 6.07) is 10.8. The van der Waals surface area contributed by atoms with E-state index in [1.165, 1.54) is 0 Å². The van der Waals surface area contributed by atoms with Gasteiger partial charge in [-0.05, 0) is 43.2 Å². The average molecular weight is 472 g/mol. The van der Waals surface area contributed by atoms with Crippen LogP contribution in [0, 0.1) is 0 Å². The molecule has 156 valence electrons. The van der Waals surface area contributed by atoms with Crippen molar-refractivity contribution in [3.8, 4) is 11.5 Å². The highest BCUT2D eigenvalue weighted by molar-refractivity contribution is 9.10. The first-order valence-corrected chi connectivity index (χ1v) is 10.7. The Balaban J connectivity index is 1.34. The van der Waals surface area contributed by atoms with Crippen molar-refractivity contribution in [2.75, 3.05) is 13.2 Å². The first kappa shape index (κ1) is 20.4. The number of hydrogen-bond acceptors (Lipinski definition) is 5. The van der Waals surface area contributed by atoms with Crippen LogP contribution in [0.2, 0.25) is 0 Å². The molecule has 0 saturated carbocycles. The molecule has 1 aliphatic heterocycles. The minimum Gasteiger partial charge on any atom is -0.486 e. The molecule has 0 fully saturated rings. The third-order valence-corrected chi connectivity index (χ3v) is 5.67. The highest BCUT2D eigenvalue weighted by Crippen LogP contribution is 2.37. The van der Waals surface area contributed by atoms with Crippen molar-refractivity contribution in [1.29, 1.82) is 0 Å². The van der Waals surface area contributed by atoms with Gasteiger partial charge in [-0.1, -0.05) is 28.1 Å². The molecular formula is C22H22BrN3O4. The SMILES string of the molecule is CC(NC(=O)CCCc1nc2ccccc2c(=O)[nH]1)c1cc2c(cc1Br)OCCO2. The summed E-state index contributed by atoms with van der Waals surface area (Å²) in [6.07, 6.45) is 1.45. The number of rotatable bonds is 6. The average Bonchev–Trinajstić information content (AvgIpc) is 2.73. The number of fused-ring (bicyclic) bond motifs is 2. The van der Waals surface area contributed by atoms with Gasteiger partial charge >= 0.3 is 0 Å². The van der Waals surface area contributed by atoms with Crippen molar-refractivity contribution < 1.29 is 14.3 Å². The number of aromatic amines is 1. The molecule has 2 aromatic carbocycles. The summed E-state index contributed by atoms with van der Waals surface area (Å²) in [5.74, 6) is 1.92. The molecule has 0 spiro atoms. The molecule has 0 bridgehead atoms. The number of aryl methyl sites for hydroxylation is 1. The Labute approximate surface area is 181 Å². The zero-order valence-electron chi connectivity index (χ0n) is 16.5. The molecule has 0 radical (unpaired) electrons. The smallest absolute Gasteiger partial charge is 0.258 e. The van der Waals surface area contributed by atoms with E-state index in [9.17, 15) is 9.59 Å². The molecule has 8 heteroatoms. The monoisotopic (exact) mass is 471 g/mol. The second kappa shape index (κ2) is 8.87. The van der Waals surface area contributed by atoms with Gasteiger partial charge in [-0.25, -0.2) is 4.98 Å². The van der Waals surface area contributed by atoms with Gasteiger partial charge in [0.15, 0.2) is 11.5 Å². The summed E-state index contributed by atoms with van der Waals surface area (Å²) >= 11 is 3.55. The fraction of sp³-hybridized carbons (Fsp3) is 0.318. The van der Waals surface area contributed by atoms with E-state index in [0.717, 1.165) is 10.0 Å². The minimum atomic E-state index is -0.193. The fourth-order valence-electron chi connectivity index (χ4n) is 3.47. The van der Waals surface area contributed by atoms with Crippen LogP contribution in [0.4, 0.5) is 0 Å². The normalized spacial score (nSPS) is 13.8. The van der Waals surface area contributed by atoms with Crippen LogP contribution in [0.15, 0.2) is 45.7 Å². The lowest BCUT2D eigenvalue weighted by Gasteiger charge is -2.22. The number of amides is 1. The Hall–Kier alpha value is -2.87. The van der Waals surface area contributed by atoms with Crippen LogP contribution in [0.3, 0.4) is 0 Å². The van der Waals surface area contributed by atoms with Crippen molar-refractivity contribution in [3.05, 3.63) is 62.6 Å².